The lowest BCUT2D eigenvalue weighted by Gasteiger charge is -2.37. The Balaban J connectivity index is 0.926. The molecule has 2 unspecified atom stereocenters. The van der Waals surface area contributed by atoms with Crippen LogP contribution in [0.4, 0.5) is 5.69 Å². The quantitative estimate of drug-likeness (QED) is 0.452. The Hall–Kier alpha value is -3.43. The van der Waals surface area contributed by atoms with E-state index in [1.807, 2.05) is 18.2 Å². The molecule has 9 heteroatoms. The maximum atomic E-state index is 13.0. The first-order chi connectivity index (χ1) is 21.0. The fraction of sp³-hybridized carbons (Fsp3) is 0.559. The van der Waals surface area contributed by atoms with Gasteiger partial charge in [0.15, 0.2) is 0 Å². The predicted octanol–water partition coefficient (Wildman–Crippen LogP) is 3.41. The van der Waals surface area contributed by atoms with Crippen molar-refractivity contribution in [3.05, 3.63) is 59.2 Å². The van der Waals surface area contributed by atoms with E-state index in [1.165, 1.54) is 56.6 Å². The Kier molecular flexibility index (Phi) is 8.10. The number of piperidine rings is 2. The van der Waals surface area contributed by atoms with Crippen LogP contribution in [-0.2, 0) is 22.7 Å². The Morgan fingerprint density at radius 2 is 1.67 bits per heavy atom. The van der Waals surface area contributed by atoms with Gasteiger partial charge in [0, 0.05) is 69.5 Å². The predicted molar refractivity (Wildman–Crippen MR) is 164 cm³/mol. The largest absolute Gasteiger partial charge is 0.492 e. The number of carbonyl (C=O) groups is 3. The van der Waals surface area contributed by atoms with Gasteiger partial charge in [-0.2, -0.15) is 0 Å². The number of amides is 3. The van der Waals surface area contributed by atoms with E-state index in [0.717, 1.165) is 49.8 Å². The number of hydrogen-bond donors (Lipinski definition) is 1. The van der Waals surface area contributed by atoms with Crippen LogP contribution in [0, 0.1) is 5.92 Å². The van der Waals surface area contributed by atoms with Gasteiger partial charge in [-0.25, -0.2) is 0 Å². The van der Waals surface area contributed by atoms with Crippen LogP contribution in [0.2, 0.25) is 0 Å². The molecule has 7 rings (SSSR count). The number of hydrogen-bond acceptors (Lipinski definition) is 7. The Bertz CT molecular complexity index is 1350. The third-order valence-corrected chi connectivity index (χ3v) is 9.96. The highest BCUT2D eigenvalue weighted by Gasteiger charge is 2.39. The lowest BCUT2D eigenvalue weighted by molar-refractivity contribution is -0.136. The van der Waals surface area contributed by atoms with E-state index in [2.05, 4.69) is 44.3 Å². The number of fused-ring (bicyclic) bond motifs is 1. The fourth-order valence-corrected chi connectivity index (χ4v) is 7.19. The number of piperazine rings is 1. The summed E-state index contributed by atoms with van der Waals surface area (Å²) >= 11 is 0. The van der Waals surface area contributed by atoms with Crippen LogP contribution in [0.1, 0.15) is 66.4 Å². The van der Waals surface area contributed by atoms with E-state index < -0.39 is 6.04 Å². The fourth-order valence-electron chi connectivity index (χ4n) is 7.19. The zero-order valence-corrected chi connectivity index (χ0v) is 25.0. The molecule has 4 aliphatic heterocycles. The molecule has 228 valence electrons. The first kappa shape index (κ1) is 28.3. The van der Waals surface area contributed by atoms with Gasteiger partial charge in [-0.1, -0.05) is 18.6 Å². The van der Waals surface area contributed by atoms with Crippen LogP contribution in [-0.4, -0.2) is 90.4 Å². The van der Waals surface area contributed by atoms with E-state index in [0.29, 0.717) is 31.2 Å². The van der Waals surface area contributed by atoms with Crippen molar-refractivity contribution in [1.82, 2.24) is 20.0 Å². The summed E-state index contributed by atoms with van der Waals surface area (Å²) < 4.78 is 6.32. The van der Waals surface area contributed by atoms with Crippen LogP contribution in [0.15, 0.2) is 42.5 Å². The van der Waals surface area contributed by atoms with E-state index in [-0.39, 0.29) is 24.1 Å². The van der Waals surface area contributed by atoms with E-state index in [4.69, 9.17) is 4.74 Å². The minimum atomic E-state index is -0.603. The highest BCUT2D eigenvalue weighted by atomic mass is 16.5. The minimum absolute atomic E-state index is 0.156. The maximum absolute atomic E-state index is 13.0. The van der Waals surface area contributed by atoms with Crippen molar-refractivity contribution in [2.24, 2.45) is 5.92 Å². The summed E-state index contributed by atoms with van der Waals surface area (Å²) in [4.78, 5) is 46.2. The second-order valence-electron chi connectivity index (χ2n) is 13.0. The molecule has 2 aromatic rings. The minimum Gasteiger partial charge on any atom is -0.492 e. The van der Waals surface area contributed by atoms with Crippen molar-refractivity contribution < 1.29 is 19.1 Å². The Morgan fingerprint density at radius 3 is 2.44 bits per heavy atom. The SMILES string of the molecule is O=C1CCC(N2Cc3cc(OCC4CCCCN4Cc4ccc(N5CCN(CC6CC6)CC5)cc4)ccc3C2=O)C(=O)N1. The molecule has 0 bridgehead atoms. The van der Waals surface area contributed by atoms with E-state index in [1.54, 1.807) is 4.90 Å². The molecule has 2 atom stereocenters. The molecule has 0 aromatic heterocycles. The molecular formula is C34H43N5O4. The number of ether oxygens (including phenoxy) is 1. The van der Waals surface area contributed by atoms with Crippen molar-refractivity contribution >= 4 is 23.4 Å². The number of rotatable bonds is 9. The van der Waals surface area contributed by atoms with Gasteiger partial charge < -0.3 is 14.5 Å². The summed E-state index contributed by atoms with van der Waals surface area (Å²) in [6.07, 6.45) is 6.99. The summed E-state index contributed by atoms with van der Waals surface area (Å²) in [6.45, 7) is 8.82. The van der Waals surface area contributed by atoms with Gasteiger partial charge in [-0.15, -0.1) is 0 Å². The zero-order chi connectivity index (χ0) is 29.3. The monoisotopic (exact) mass is 585 g/mol. The summed E-state index contributed by atoms with van der Waals surface area (Å²) in [5.41, 5.74) is 4.16. The number of carbonyl (C=O) groups excluding carboxylic acids is 3. The lowest BCUT2D eigenvalue weighted by atomic mass is 10.0. The molecule has 4 heterocycles. The molecular weight excluding hydrogens is 542 g/mol. The molecule has 43 heavy (non-hydrogen) atoms. The average Bonchev–Trinajstić information content (AvgIpc) is 3.78. The lowest BCUT2D eigenvalue weighted by Crippen LogP contribution is -2.52. The zero-order valence-electron chi connectivity index (χ0n) is 25.0. The van der Waals surface area contributed by atoms with Crippen LogP contribution >= 0.6 is 0 Å². The number of nitrogens with zero attached hydrogens (tertiary/aromatic N) is 4. The molecule has 0 spiro atoms. The molecule has 3 saturated heterocycles. The second kappa shape index (κ2) is 12.3. The van der Waals surface area contributed by atoms with Gasteiger partial charge in [0.05, 0.1) is 0 Å². The number of benzene rings is 2. The summed E-state index contributed by atoms with van der Waals surface area (Å²) in [5.74, 6) is 0.900. The molecule has 3 amide bonds. The highest BCUT2D eigenvalue weighted by molar-refractivity contribution is 6.05. The molecule has 1 N–H and O–H groups in total. The standard InChI is InChI=1S/C34H43N5O4/c40-32-13-12-31(33(41)35-32)39-22-26-19-29(10-11-30(26)34(39)42)43-23-28-3-1-2-14-38(28)21-25-6-8-27(9-7-25)37-17-15-36(16-18-37)20-24-4-5-24/h6-11,19,24,28,31H,1-5,12-18,20-23H2,(H,35,40,41). The first-order valence-corrected chi connectivity index (χ1v) is 16.2. The van der Waals surface area contributed by atoms with Gasteiger partial charge in [0.1, 0.15) is 18.4 Å². The Labute approximate surface area is 254 Å². The number of imide groups is 1. The topological polar surface area (TPSA) is 85.4 Å². The Morgan fingerprint density at radius 1 is 0.860 bits per heavy atom. The molecule has 1 saturated carbocycles. The highest BCUT2D eigenvalue weighted by Crippen LogP contribution is 2.32. The average molecular weight is 586 g/mol. The van der Waals surface area contributed by atoms with Crippen molar-refractivity contribution in [3.8, 4) is 5.75 Å². The molecule has 4 fully saturated rings. The molecule has 9 nitrogen and oxygen atoms in total. The third kappa shape index (κ3) is 6.43. The van der Waals surface area contributed by atoms with Crippen LogP contribution in [0.5, 0.6) is 5.75 Å². The molecule has 1 aliphatic carbocycles. The van der Waals surface area contributed by atoms with Crippen LogP contribution in [0.3, 0.4) is 0 Å². The first-order valence-electron chi connectivity index (χ1n) is 16.2. The summed E-state index contributed by atoms with van der Waals surface area (Å²) in [5, 5.41) is 2.36. The number of likely N-dealkylation sites (tertiary alicyclic amines) is 1. The van der Waals surface area contributed by atoms with Crippen molar-refractivity contribution in [1.29, 1.82) is 0 Å². The van der Waals surface area contributed by atoms with Crippen LogP contribution in [0.25, 0.3) is 0 Å². The second-order valence-corrected chi connectivity index (χ2v) is 13.0. The normalized spacial score (nSPS) is 25.2. The van der Waals surface area contributed by atoms with Crippen LogP contribution < -0.4 is 15.0 Å². The van der Waals surface area contributed by atoms with E-state index in [9.17, 15) is 14.4 Å². The molecule has 2 aromatic carbocycles. The maximum Gasteiger partial charge on any atom is 0.255 e. The van der Waals surface area contributed by atoms with Crippen molar-refractivity contribution in [2.75, 3.05) is 50.8 Å². The van der Waals surface area contributed by atoms with Gasteiger partial charge in [0.2, 0.25) is 11.8 Å². The summed E-state index contributed by atoms with van der Waals surface area (Å²) in [7, 11) is 0. The van der Waals surface area contributed by atoms with Gasteiger partial charge in [0.25, 0.3) is 5.91 Å². The molecule has 5 aliphatic rings. The molecule has 0 radical (unpaired) electrons. The third-order valence-electron chi connectivity index (χ3n) is 9.96. The van der Waals surface area contributed by atoms with Crippen molar-refractivity contribution in [2.45, 2.75) is 70.1 Å². The van der Waals surface area contributed by atoms with Gasteiger partial charge >= 0.3 is 0 Å². The van der Waals surface area contributed by atoms with Gasteiger partial charge in [-0.3, -0.25) is 29.5 Å². The van der Waals surface area contributed by atoms with Gasteiger partial charge in [-0.05, 0) is 86.0 Å². The number of nitrogens with one attached hydrogen (secondary N) is 1. The van der Waals surface area contributed by atoms with Crippen molar-refractivity contribution in [3.63, 3.8) is 0 Å². The smallest absolute Gasteiger partial charge is 0.255 e. The number of anilines is 1. The van der Waals surface area contributed by atoms with E-state index >= 15 is 0 Å². The summed E-state index contributed by atoms with van der Waals surface area (Å²) in [6, 6.07) is 14.5.